The highest BCUT2D eigenvalue weighted by Gasteiger charge is 2.28. The standard InChI is InChI=1S/C35H63N/c1-4-7-10-13-16-19-22-25-28-31-35(34-36,32-29-26-23-20-17-14-11-8-5-2)33-30-27-24-21-18-15-12-9-6-3/h4-6H,1-3,7-33H2. The SMILES string of the molecule is C=CCCCCCCCCCC(C#N)(CCCCCCCCCC=C)CCCCCCCCCC=C. The van der Waals surface area contributed by atoms with Gasteiger partial charge < -0.3 is 0 Å². The van der Waals surface area contributed by atoms with Crippen molar-refractivity contribution in [3.8, 4) is 6.07 Å². The van der Waals surface area contributed by atoms with Gasteiger partial charge in [0.05, 0.1) is 11.5 Å². The van der Waals surface area contributed by atoms with Crippen molar-refractivity contribution in [2.45, 2.75) is 173 Å². The Labute approximate surface area is 227 Å². The van der Waals surface area contributed by atoms with Crippen LogP contribution in [0.25, 0.3) is 0 Å². The van der Waals surface area contributed by atoms with Crippen LogP contribution in [-0.2, 0) is 0 Å². The molecule has 0 N–H and O–H groups in total. The van der Waals surface area contributed by atoms with Crippen LogP contribution in [0.3, 0.4) is 0 Å². The molecule has 0 aromatic heterocycles. The Hall–Kier alpha value is -1.29. The molecular weight excluding hydrogens is 434 g/mol. The molecule has 0 fully saturated rings. The van der Waals surface area contributed by atoms with E-state index in [0.29, 0.717) is 0 Å². The van der Waals surface area contributed by atoms with Crippen molar-refractivity contribution in [3.05, 3.63) is 38.0 Å². The molecule has 0 atom stereocenters. The zero-order valence-corrected chi connectivity index (χ0v) is 24.4. The third kappa shape index (κ3) is 23.1. The number of nitriles is 1. The highest BCUT2D eigenvalue weighted by Crippen LogP contribution is 2.37. The first-order valence-electron chi connectivity index (χ1n) is 16.0. The minimum Gasteiger partial charge on any atom is -0.198 e. The van der Waals surface area contributed by atoms with Gasteiger partial charge in [0.15, 0.2) is 0 Å². The summed E-state index contributed by atoms with van der Waals surface area (Å²) in [6.07, 6.45) is 40.7. The molecule has 1 heteroatoms. The van der Waals surface area contributed by atoms with Crippen molar-refractivity contribution in [1.29, 1.82) is 5.26 Å². The minimum atomic E-state index is -0.0577. The molecule has 0 aromatic rings. The van der Waals surface area contributed by atoms with E-state index in [9.17, 15) is 5.26 Å². The average molecular weight is 498 g/mol. The number of allylic oxidation sites excluding steroid dienone is 3. The molecule has 0 aliphatic heterocycles. The van der Waals surface area contributed by atoms with E-state index in [1.807, 2.05) is 18.2 Å². The van der Waals surface area contributed by atoms with E-state index in [4.69, 9.17) is 0 Å². The lowest BCUT2D eigenvalue weighted by molar-refractivity contribution is 0.274. The van der Waals surface area contributed by atoms with Crippen molar-refractivity contribution in [2.24, 2.45) is 5.41 Å². The maximum Gasteiger partial charge on any atom is 0.0689 e. The molecule has 0 radical (unpaired) electrons. The van der Waals surface area contributed by atoms with Crippen LogP contribution in [0.15, 0.2) is 38.0 Å². The van der Waals surface area contributed by atoms with E-state index in [2.05, 4.69) is 25.8 Å². The highest BCUT2D eigenvalue weighted by atomic mass is 14.4. The maximum absolute atomic E-state index is 10.3. The Morgan fingerprint density at radius 1 is 0.389 bits per heavy atom. The van der Waals surface area contributed by atoms with E-state index in [0.717, 1.165) is 38.5 Å². The van der Waals surface area contributed by atoms with Crippen LogP contribution in [0, 0.1) is 16.7 Å². The van der Waals surface area contributed by atoms with Crippen LogP contribution in [0.5, 0.6) is 0 Å². The lowest BCUT2D eigenvalue weighted by Gasteiger charge is -2.27. The smallest absolute Gasteiger partial charge is 0.0689 e. The van der Waals surface area contributed by atoms with Gasteiger partial charge in [0.2, 0.25) is 0 Å². The lowest BCUT2D eigenvalue weighted by atomic mass is 9.75. The second-order valence-corrected chi connectivity index (χ2v) is 11.3. The van der Waals surface area contributed by atoms with Crippen molar-refractivity contribution < 1.29 is 0 Å². The molecule has 0 aromatic carbocycles. The number of hydrogen-bond acceptors (Lipinski definition) is 1. The summed E-state index contributed by atoms with van der Waals surface area (Å²) in [4.78, 5) is 0. The van der Waals surface area contributed by atoms with Gasteiger partial charge in [0.1, 0.15) is 0 Å². The Kier molecular flexibility index (Phi) is 27.3. The fourth-order valence-electron chi connectivity index (χ4n) is 5.45. The normalized spacial score (nSPS) is 11.3. The van der Waals surface area contributed by atoms with E-state index in [1.165, 1.54) is 135 Å². The summed E-state index contributed by atoms with van der Waals surface area (Å²) >= 11 is 0. The molecule has 0 saturated carbocycles. The minimum absolute atomic E-state index is 0.0577. The van der Waals surface area contributed by atoms with Gasteiger partial charge >= 0.3 is 0 Å². The summed E-state index contributed by atoms with van der Waals surface area (Å²) < 4.78 is 0. The Bertz CT molecular complexity index is 461. The average Bonchev–Trinajstić information content (AvgIpc) is 2.89. The molecule has 0 amide bonds. The van der Waals surface area contributed by atoms with Gasteiger partial charge in [-0.15, -0.1) is 19.7 Å². The number of rotatable bonds is 30. The summed E-state index contributed by atoms with van der Waals surface area (Å²) in [5, 5.41) is 10.3. The molecule has 0 heterocycles. The van der Waals surface area contributed by atoms with E-state index < -0.39 is 0 Å². The Morgan fingerprint density at radius 2 is 0.611 bits per heavy atom. The molecule has 0 aliphatic carbocycles. The number of hydrogen-bond donors (Lipinski definition) is 0. The fraction of sp³-hybridized carbons (Fsp3) is 0.800. The van der Waals surface area contributed by atoms with Crippen LogP contribution < -0.4 is 0 Å². The first kappa shape index (κ1) is 34.7. The van der Waals surface area contributed by atoms with E-state index >= 15 is 0 Å². The van der Waals surface area contributed by atoms with Crippen LogP contribution in [0.4, 0.5) is 0 Å². The predicted octanol–water partition coefficient (Wildman–Crippen LogP) is 12.6. The molecule has 208 valence electrons. The van der Waals surface area contributed by atoms with Gasteiger partial charge in [-0.3, -0.25) is 0 Å². The molecule has 0 saturated heterocycles. The summed E-state index contributed by atoms with van der Waals surface area (Å²) in [5.74, 6) is 0. The fourth-order valence-corrected chi connectivity index (χ4v) is 5.45. The van der Waals surface area contributed by atoms with Gasteiger partial charge in [0.25, 0.3) is 0 Å². The molecule has 0 rings (SSSR count). The van der Waals surface area contributed by atoms with Gasteiger partial charge in [-0.2, -0.15) is 5.26 Å². The molecule has 1 nitrogen and oxygen atoms in total. The number of nitrogens with zero attached hydrogens (tertiary/aromatic N) is 1. The number of unbranched alkanes of at least 4 members (excludes halogenated alkanes) is 21. The van der Waals surface area contributed by atoms with Crippen LogP contribution in [0.2, 0.25) is 0 Å². The molecule has 0 unspecified atom stereocenters. The van der Waals surface area contributed by atoms with E-state index in [1.54, 1.807) is 0 Å². The van der Waals surface area contributed by atoms with Gasteiger partial charge in [0, 0.05) is 0 Å². The predicted molar refractivity (Wildman–Crippen MR) is 163 cm³/mol. The van der Waals surface area contributed by atoms with Gasteiger partial charge in [-0.1, -0.05) is 134 Å². The largest absolute Gasteiger partial charge is 0.198 e. The second kappa shape index (κ2) is 28.3. The van der Waals surface area contributed by atoms with E-state index in [-0.39, 0.29) is 5.41 Å². The van der Waals surface area contributed by atoms with Crippen molar-refractivity contribution in [2.75, 3.05) is 0 Å². The molecule has 0 bridgehead atoms. The monoisotopic (exact) mass is 497 g/mol. The van der Waals surface area contributed by atoms with Crippen molar-refractivity contribution in [1.82, 2.24) is 0 Å². The van der Waals surface area contributed by atoms with Crippen molar-refractivity contribution in [3.63, 3.8) is 0 Å². The molecule has 0 aliphatic rings. The zero-order valence-electron chi connectivity index (χ0n) is 24.4. The summed E-state index contributed by atoms with van der Waals surface area (Å²) in [6, 6.07) is 2.86. The maximum atomic E-state index is 10.3. The van der Waals surface area contributed by atoms with Gasteiger partial charge in [-0.25, -0.2) is 0 Å². The van der Waals surface area contributed by atoms with Gasteiger partial charge in [-0.05, 0) is 57.8 Å². The first-order valence-corrected chi connectivity index (χ1v) is 16.0. The summed E-state index contributed by atoms with van der Waals surface area (Å²) in [6.45, 7) is 11.4. The molecular formula is C35H63N. The zero-order chi connectivity index (χ0) is 26.4. The first-order chi connectivity index (χ1) is 17.7. The summed E-state index contributed by atoms with van der Waals surface area (Å²) in [5.41, 5.74) is -0.0577. The molecule has 0 spiro atoms. The third-order valence-electron chi connectivity index (χ3n) is 7.93. The van der Waals surface area contributed by atoms with Crippen molar-refractivity contribution >= 4 is 0 Å². The lowest BCUT2D eigenvalue weighted by Crippen LogP contribution is -2.19. The van der Waals surface area contributed by atoms with Crippen LogP contribution in [0.1, 0.15) is 173 Å². The Balaban J connectivity index is 4.27. The molecule has 36 heavy (non-hydrogen) atoms. The topological polar surface area (TPSA) is 23.8 Å². The highest BCUT2D eigenvalue weighted by molar-refractivity contribution is 4.98. The quantitative estimate of drug-likeness (QED) is 0.0714. The second-order valence-electron chi connectivity index (χ2n) is 11.3. The summed E-state index contributed by atoms with van der Waals surface area (Å²) in [7, 11) is 0. The third-order valence-corrected chi connectivity index (χ3v) is 7.93. The van der Waals surface area contributed by atoms with Crippen LogP contribution >= 0.6 is 0 Å². The van der Waals surface area contributed by atoms with Crippen LogP contribution in [-0.4, -0.2) is 0 Å². The Morgan fingerprint density at radius 3 is 0.833 bits per heavy atom.